The maximum Gasteiger partial charge on any atom is 0.262 e. The van der Waals surface area contributed by atoms with E-state index in [1.165, 1.54) is 6.33 Å². The number of nitrogens with zero attached hydrogens (tertiary/aromatic N) is 2. The number of halogens is 2. The van der Waals surface area contributed by atoms with Gasteiger partial charge >= 0.3 is 0 Å². The van der Waals surface area contributed by atoms with Crippen LogP contribution in [0.1, 0.15) is 0 Å². The fourth-order valence-electron chi connectivity index (χ4n) is 2.01. The molecule has 116 valence electrons. The van der Waals surface area contributed by atoms with Gasteiger partial charge < -0.3 is 10.1 Å². The number of ether oxygens (including phenoxy) is 1. The summed E-state index contributed by atoms with van der Waals surface area (Å²) in [6.45, 7) is -0.205. The first-order valence-corrected chi connectivity index (χ1v) is 7.46. The fourth-order valence-corrected chi connectivity index (χ4v) is 2.35. The molecule has 0 atom stereocenters. The van der Waals surface area contributed by atoms with E-state index in [4.69, 9.17) is 27.9 Å². The maximum atomic E-state index is 12.0. The highest BCUT2D eigenvalue weighted by Gasteiger charge is 2.10. The predicted molar refractivity (Wildman–Crippen MR) is 90.1 cm³/mol. The Hall–Kier alpha value is -2.37. The Morgan fingerprint density at radius 3 is 2.83 bits per heavy atom. The van der Waals surface area contributed by atoms with Crippen LogP contribution in [0.4, 0.5) is 5.69 Å². The van der Waals surface area contributed by atoms with E-state index >= 15 is 0 Å². The van der Waals surface area contributed by atoms with Crippen molar-refractivity contribution in [1.82, 2.24) is 9.97 Å². The number of aromatic nitrogens is 2. The molecule has 0 saturated heterocycles. The van der Waals surface area contributed by atoms with Gasteiger partial charge in [0.25, 0.3) is 5.91 Å². The Morgan fingerprint density at radius 1 is 1.13 bits per heavy atom. The monoisotopic (exact) mass is 347 g/mol. The Morgan fingerprint density at radius 2 is 1.96 bits per heavy atom. The number of carbonyl (C=O) groups is 1. The molecule has 2 aromatic carbocycles. The van der Waals surface area contributed by atoms with Crippen molar-refractivity contribution in [3.05, 3.63) is 58.8 Å². The van der Waals surface area contributed by atoms with Crippen molar-refractivity contribution in [3.8, 4) is 5.88 Å². The van der Waals surface area contributed by atoms with E-state index in [9.17, 15) is 4.79 Å². The Labute approximate surface area is 142 Å². The smallest absolute Gasteiger partial charge is 0.262 e. The van der Waals surface area contributed by atoms with Gasteiger partial charge in [-0.3, -0.25) is 4.79 Å². The molecule has 0 radical (unpaired) electrons. The van der Waals surface area contributed by atoms with Crippen LogP contribution in [-0.2, 0) is 4.79 Å². The van der Waals surface area contributed by atoms with Gasteiger partial charge in [0.2, 0.25) is 5.88 Å². The number of amides is 1. The van der Waals surface area contributed by atoms with E-state index in [0.29, 0.717) is 21.6 Å². The minimum absolute atomic E-state index is 0.205. The fraction of sp³-hybridized carbons (Fsp3) is 0.0625. The normalized spacial score (nSPS) is 10.5. The molecular formula is C16H11Cl2N3O2. The van der Waals surface area contributed by atoms with Crippen molar-refractivity contribution in [2.75, 3.05) is 11.9 Å². The number of carbonyl (C=O) groups excluding carboxylic acids is 1. The number of anilines is 1. The number of para-hydroxylation sites is 1. The van der Waals surface area contributed by atoms with Crippen LogP contribution in [0, 0.1) is 0 Å². The molecule has 1 N–H and O–H groups in total. The van der Waals surface area contributed by atoms with Gasteiger partial charge in [-0.25, -0.2) is 9.97 Å². The van der Waals surface area contributed by atoms with Crippen LogP contribution >= 0.6 is 23.2 Å². The first-order valence-electron chi connectivity index (χ1n) is 6.71. The molecular weight excluding hydrogens is 337 g/mol. The molecule has 0 aliphatic carbocycles. The van der Waals surface area contributed by atoms with Crippen LogP contribution < -0.4 is 10.1 Å². The molecule has 1 amide bonds. The third kappa shape index (κ3) is 3.70. The van der Waals surface area contributed by atoms with Gasteiger partial charge in [0.15, 0.2) is 6.61 Å². The summed E-state index contributed by atoms with van der Waals surface area (Å²) in [5, 5.41) is 4.26. The highest BCUT2D eigenvalue weighted by molar-refractivity contribution is 6.35. The standard InChI is InChI=1S/C16H11Cl2N3O2/c17-10-5-6-12(18)14(7-10)21-15(22)8-23-16-11-3-1-2-4-13(11)19-9-20-16/h1-7,9H,8H2,(H,21,22). The summed E-state index contributed by atoms with van der Waals surface area (Å²) in [7, 11) is 0. The molecule has 1 aromatic heterocycles. The van der Waals surface area contributed by atoms with E-state index in [-0.39, 0.29) is 12.5 Å². The van der Waals surface area contributed by atoms with Gasteiger partial charge in [-0.05, 0) is 30.3 Å². The summed E-state index contributed by atoms with van der Waals surface area (Å²) in [5.41, 5.74) is 1.18. The Balaban J connectivity index is 1.70. The van der Waals surface area contributed by atoms with Crippen molar-refractivity contribution in [3.63, 3.8) is 0 Å². The second-order valence-corrected chi connectivity index (χ2v) is 5.50. The van der Waals surface area contributed by atoms with Crippen LogP contribution in [0.3, 0.4) is 0 Å². The lowest BCUT2D eigenvalue weighted by molar-refractivity contribution is -0.118. The molecule has 0 aliphatic heterocycles. The molecule has 0 spiro atoms. The highest BCUT2D eigenvalue weighted by atomic mass is 35.5. The average Bonchev–Trinajstić information content (AvgIpc) is 2.56. The second-order valence-electron chi connectivity index (χ2n) is 4.66. The molecule has 0 unspecified atom stereocenters. The highest BCUT2D eigenvalue weighted by Crippen LogP contribution is 2.25. The molecule has 0 fully saturated rings. The second kappa shape index (κ2) is 6.81. The zero-order valence-corrected chi connectivity index (χ0v) is 13.3. The molecule has 0 aliphatic rings. The lowest BCUT2D eigenvalue weighted by Crippen LogP contribution is -2.20. The summed E-state index contributed by atoms with van der Waals surface area (Å²) in [6, 6.07) is 12.2. The van der Waals surface area contributed by atoms with Crippen LogP contribution in [0.15, 0.2) is 48.8 Å². The Kier molecular flexibility index (Phi) is 4.60. The number of nitrogens with one attached hydrogen (secondary N) is 1. The Bertz CT molecular complexity index is 866. The number of benzene rings is 2. The summed E-state index contributed by atoms with van der Waals surface area (Å²) < 4.78 is 5.48. The quantitative estimate of drug-likeness (QED) is 0.775. The van der Waals surface area contributed by atoms with E-state index < -0.39 is 0 Å². The summed E-state index contributed by atoms with van der Waals surface area (Å²) >= 11 is 11.9. The molecule has 5 nitrogen and oxygen atoms in total. The van der Waals surface area contributed by atoms with Gasteiger partial charge in [0.05, 0.1) is 21.6 Å². The summed E-state index contributed by atoms with van der Waals surface area (Å²) in [5.74, 6) is -0.0141. The molecule has 0 saturated carbocycles. The summed E-state index contributed by atoms with van der Waals surface area (Å²) in [4.78, 5) is 20.2. The maximum absolute atomic E-state index is 12.0. The minimum Gasteiger partial charge on any atom is -0.467 e. The molecule has 0 bridgehead atoms. The molecule has 1 heterocycles. The van der Waals surface area contributed by atoms with Crippen molar-refractivity contribution < 1.29 is 9.53 Å². The van der Waals surface area contributed by atoms with Gasteiger partial charge in [-0.1, -0.05) is 35.3 Å². The first kappa shape index (κ1) is 15.5. The third-order valence-corrected chi connectivity index (χ3v) is 3.61. The zero-order chi connectivity index (χ0) is 16.2. The molecule has 23 heavy (non-hydrogen) atoms. The van der Waals surface area contributed by atoms with Crippen molar-refractivity contribution in [2.45, 2.75) is 0 Å². The van der Waals surface area contributed by atoms with Gasteiger partial charge in [0.1, 0.15) is 6.33 Å². The first-order chi connectivity index (χ1) is 11.1. The van der Waals surface area contributed by atoms with E-state index in [0.717, 1.165) is 10.9 Å². The van der Waals surface area contributed by atoms with Gasteiger partial charge in [-0.2, -0.15) is 0 Å². The van der Waals surface area contributed by atoms with Crippen molar-refractivity contribution in [2.24, 2.45) is 0 Å². The lowest BCUT2D eigenvalue weighted by Gasteiger charge is -2.09. The van der Waals surface area contributed by atoms with E-state index in [1.54, 1.807) is 18.2 Å². The van der Waals surface area contributed by atoms with E-state index in [1.807, 2.05) is 24.3 Å². The molecule has 3 aromatic rings. The predicted octanol–water partition coefficient (Wildman–Crippen LogP) is 3.95. The number of hydrogen-bond acceptors (Lipinski definition) is 4. The van der Waals surface area contributed by atoms with E-state index in [2.05, 4.69) is 15.3 Å². The summed E-state index contributed by atoms with van der Waals surface area (Å²) in [6.07, 6.45) is 1.39. The number of fused-ring (bicyclic) bond motifs is 1. The minimum atomic E-state index is -0.364. The van der Waals surface area contributed by atoms with Crippen LogP contribution in [0.2, 0.25) is 10.0 Å². The number of hydrogen-bond donors (Lipinski definition) is 1. The topological polar surface area (TPSA) is 64.1 Å². The van der Waals surface area contributed by atoms with Crippen LogP contribution in [0.5, 0.6) is 5.88 Å². The van der Waals surface area contributed by atoms with Gasteiger partial charge in [-0.15, -0.1) is 0 Å². The van der Waals surface area contributed by atoms with Crippen molar-refractivity contribution in [1.29, 1.82) is 0 Å². The van der Waals surface area contributed by atoms with Crippen LogP contribution in [0.25, 0.3) is 10.9 Å². The zero-order valence-electron chi connectivity index (χ0n) is 11.8. The third-order valence-electron chi connectivity index (χ3n) is 3.05. The molecule has 3 rings (SSSR count). The van der Waals surface area contributed by atoms with Gasteiger partial charge in [0, 0.05) is 5.02 Å². The average molecular weight is 348 g/mol. The van der Waals surface area contributed by atoms with Crippen LogP contribution in [-0.4, -0.2) is 22.5 Å². The number of rotatable bonds is 4. The molecule has 7 heteroatoms. The van der Waals surface area contributed by atoms with Crippen molar-refractivity contribution >= 4 is 45.7 Å². The lowest BCUT2D eigenvalue weighted by atomic mass is 10.2. The SMILES string of the molecule is O=C(COc1ncnc2ccccc12)Nc1cc(Cl)ccc1Cl. The largest absolute Gasteiger partial charge is 0.467 e.